The molecule has 1 amide bonds. The lowest BCUT2D eigenvalue weighted by Gasteiger charge is -2.40. The Morgan fingerprint density at radius 3 is 2.00 bits per heavy atom. The number of thiophene rings is 1. The summed E-state index contributed by atoms with van der Waals surface area (Å²) in [6.07, 6.45) is 0. The fourth-order valence-electron chi connectivity index (χ4n) is 3.49. The van der Waals surface area contributed by atoms with Gasteiger partial charge >= 0.3 is 0 Å². The monoisotopic (exact) mass is 401 g/mol. The molecule has 1 unspecified atom stereocenters. The van der Waals surface area contributed by atoms with Crippen LogP contribution < -0.4 is 0 Å². The highest BCUT2D eigenvalue weighted by molar-refractivity contribution is 7.91. The molecule has 1 aromatic rings. The van der Waals surface area contributed by atoms with Crippen LogP contribution in [-0.4, -0.2) is 72.7 Å². The highest BCUT2D eigenvalue weighted by Crippen LogP contribution is 2.25. The van der Waals surface area contributed by atoms with Crippen LogP contribution in [0.15, 0.2) is 16.3 Å². The molecule has 1 aromatic heterocycles. The van der Waals surface area contributed by atoms with Crippen molar-refractivity contribution < 1.29 is 13.2 Å². The van der Waals surface area contributed by atoms with Gasteiger partial charge in [0.15, 0.2) is 0 Å². The van der Waals surface area contributed by atoms with Crippen molar-refractivity contribution in [2.75, 3.05) is 26.2 Å². The molecule has 1 fully saturated rings. The SMILES string of the molecule is Cc1ccc(S(=O)(=O)N2CCN(C(C)C(=O)N(C(C)C)C(C)C)CC2)s1. The Kier molecular flexibility index (Phi) is 6.87. The molecule has 8 heteroatoms. The van der Waals surface area contributed by atoms with Gasteiger partial charge in [-0.25, -0.2) is 8.42 Å². The van der Waals surface area contributed by atoms with Gasteiger partial charge in [-0.15, -0.1) is 11.3 Å². The Labute approximate surface area is 161 Å². The predicted octanol–water partition coefficient (Wildman–Crippen LogP) is 2.40. The van der Waals surface area contributed by atoms with E-state index in [1.807, 2.05) is 52.5 Å². The number of piperazine rings is 1. The first-order valence-electron chi connectivity index (χ1n) is 9.18. The van der Waals surface area contributed by atoms with Crippen molar-refractivity contribution in [1.82, 2.24) is 14.1 Å². The van der Waals surface area contributed by atoms with Gasteiger partial charge < -0.3 is 4.90 Å². The van der Waals surface area contributed by atoms with E-state index < -0.39 is 10.0 Å². The molecule has 0 saturated carbocycles. The largest absolute Gasteiger partial charge is 0.336 e. The Morgan fingerprint density at radius 1 is 1.04 bits per heavy atom. The van der Waals surface area contributed by atoms with Gasteiger partial charge in [-0.3, -0.25) is 9.69 Å². The maximum atomic E-state index is 12.9. The molecule has 1 atom stereocenters. The fraction of sp³-hybridized carbons (Fsp3) is 0.722. The molecule has 1 saturated heterocycles. The molecule has 2 rings (SSSR count). The zero-order chi connectivity index (χ0) is 19.6. The summed E-state index contributed by atoms with van der Waals surface area (Å²) >= 11 is 1.31. The van der Waals surface area contributed by atoms with E-state index >= 15 is 0 Å². The summed E-state index contributed by atoms with van der Waals surface area (Å²) in [5.74, 6) is 0.111. The maximum Gasteiger partial charge on any atom is 0.252 e. The van der Waals surface area contributed by atoms with E-state index in [4.69, 9.17) is 0 Å². The minimum absolute atomic E-state index is 0.111. The van der Waals surface area contributed by atoms with Crippen LogP contribution >= 0.6 is 11.3 Å². The number of rotatable bonds is 6. The quantitative estimate of drug-likeness (QED) is 0.734. The average Bonchev–Trinajstić information content (AvgIpc) is 3.01. The zero-order valence-electron chi connectivity index (χ0n) is 16.6. The lowest BCUT2D eigenvalue weighted by atomic mass is 10.1. The highest BCUT2D eigenvalue weighted by Gasteiger charge is 2.34. The van der Waals surface area contributed by atoms with Gasteiger partial charge in [0, 0.05) is 43.1 Å². The summed E-state index contributed by atoms with van der Waals surface area (Å²) in [6, 6.07) is 3.56. The van der Waals surface area contributed by atoms with Gasteiger partial charge in [-0.1, -0.05) is 0 Å². The van der Waals surface area contributed by atoms with E-state index in [0.29, 0.717) is 30.4 Å². The van der Waals surface area contributed by atoms with Crippen molar-refractivity contribution >= 4 is 27.3 Å². The number of amides is 1. The number of hydrogen-bond donors (Lipinski definition) is 0. The van der Waals surface area contributed by atoms with E-state index in [1.165, 1.54) is 15.6 Å². The molecule has 1 aliphatic heterocycles. The van der Waals surface area contributed by atoms with Gasteiger partial charge in [0.25, 0.3) is 10.0 Å². The molecule has 0 bridgehead atoms. The second kappa shape index (κ2) is 8.37. The second-order valence-corrected chi connectivity index (χ2v) is 10.9. The average molecular weight is 402 g/mol. The van der Waals surface area contributed by atoms with Crippen molar-refractivity contribution in [3.8, 4) is 0 Å². The van der Waals surface area contributed by atoms with Crippen LogP contribution in [-0.2, 0) is 14.8 Å². The lowest BCUT2D eigenvalue weighted by Crippen LogP contribution is -2.57. The first kappa shape index (κ1) is 21.3. The number of aryl methyl sites for hydroxylation is 1. The molecule has 0 N–H and O–H groups in total. The molecular weight excluding hydrogens is 370 g/mol. The number of sulfonamides is 1. The molecule has 0 radical (unpaired) electrons. The van der Waals surface area contributed by atoms with Gasteiger partial charge in [0.2, 0.25) is 5.91 Å². The first-order valence-corrected chi connectivity index (χ1v) is 11.4. The Morgan fingerprint density at radius 2 is 1.58 bits per heavy atom. The van der Waals surface area contributed by atoms with E-state index in [1.54, 1.807) is 6.07 Å². The molecule has 0 aliphatic carbocycles. The summed E-state index contributed by atoms with van der Waals surface area (Å²) in [7, 11) is -3.42. The van der Waals surface area contributed by atoms with E-state index in [0.717, 1.165) is 4.88 Å². The predicted molar refractivity (Wildman–Crippen MR) is 106 cm³/mol. The van der Waals surface area contributed by atoms with Crippen molar-refractivity contribution in [2.45, 2.75) is 63.9 Å². The van der Waals surface area contributed by atoms with Crippen LogP contribution in [0.2, 0.25) is 0 Å². The van der Waals surface area contributed by atoms with Crippen LogP contribution in [0.3, 0.4) is 0 Å². The summed E-state index contributed by atoms with van der Waals surface area (Å²) in [5, 5.41) is 0. The topological polar surface area (TPSA) is 60.9 Å². The van der Waals surface area contributed by atoms with E-state index in [2.05, 4.69) is 4.90 Å². The van der Waals surface area contributed by atoms with Crippen molar-refractivity contribution in [2.24, 2.45) is 0 Å². The molecule has 2 heterocycles. The van der Waals surface area contributed by atoms with Crippen molar-refractivity contribution in [3.63, 3.8) is 0 Å². The third-order valence-corrected chi connectivity index (χ3v) is 8.22. The Bertz CT molecular complexity index is 712. The fourth-order valence-corrected chi connectivity index (χ4v) is 6.35. The standard InChI is InChI=1S/C18H31N3O3S2/c1-13(2)21(14(3)4)18(22)16(6)19-9-11-20(12-10-19)26(23,24)17-8-7-15(5)25-17/h7-8,13-14,16H,9-12H2,1-6H3. The van der Waals surface area contributed by atoms with Gasteiger partial charge in [0.1, 0.15) is 4.21 Å². The smallest absolute Gasteiger partial charge is 0.252 e. The van der Waals surface area contributed by atoms with Crippen LogP contribution in [0.5, 0.6) is 0 Å². The maximum absolute atomic E-state index is 12.9. The summed E-state index contributed by atoms with van der Waals surface area (Å²) in [5.41, 5.74) is 0. The summed E-state index contributed by atoms with van der Waals surface area (Å²) < 4.78 is 27.4. The molecule has 0 aromatic carbocycles. The van der Waals surface area contributed by atoms with Gasteiger partial charge in [-0.05, 0) is 53.7 Å². The third-order valence-electron chi connectivity index (χ3n) is 4.86. The summed E-state index contributed by atoms with van der Waals surface area (Å²) in [4.78, 5) is 17.9. The zero-order valence-corrected chi connectivity index (χ0v) is 18.2. The Hall–Kier alpha value is -0.960. The number of nitrogens with zero attached hydrogens (tertiary/aromatic N) is 3. The van der Waals surface area contributed by atoms with E-state index in [9.17, 15) is 13.2 Å². The number of hydrogen-bond acceptors (Lipinski definition) is 5. The molecule has 6 nitrogen and oxygen atoms in total. The van der Waals surface area contributed by atoms with E-state index in [-0.39, 0.29) is 24.0 Å². The second-order valence-electron chi connectivity index (χ2n) is 7.41. The molecule has 148 valence electrons. The van der Waals surface area contributed by atoms with Crippen LogP contribution in [0.25, 0.3) is 0 Å². The molecule has 1 aliphatic rings. The molecule has 0 spiro atoms. The lowest BCUT2D eigenvalue weighted by molar-refractivity contribution is -0.140. The molecule has 26 heavy (non-hydrogen) atoms. The van der Waals surface area contributed by atoms with Crippen LogP contribution in [0.1, 0.15) is 39.5 Å². The van der Waals surface area contributed by atoms with Crippen molar-refractivity contribution in [1.29, 1.82) is 0 Å². The highest BCUT2D eigenvalue weighted by atomic mass is 32.2. The normalized spacial score (nSPS) is 18.5. The number of carbonyl (C=O) groups excluding carboxylic acids is 1. The Balaban J connectivity index is 2.02. The summed E-state index contributed by atoms with van der Waals surface area (Å²) in [6.45, 7) is 13.9. The third kappa shape index (κ3) is 4.47. The van der Waals surface area contributed by atoms with Gasteiger partial charge in [0.05, 0.1) is 6.04 Å². The van der Waals surface area contributed by atoms with Gasteiger partial charge in [-0.2, -0.15) is 4.31 Å². The number of carbonyl (C=O) groups is 1. The minimum Gasteiger partial charge on any atom is -0.336 e. The minimum atomic E-state index is -3.42. The molecular formula is C18H31N3O3S2. The van der Waals surface area contributed by atoms with Crippen LogP contribution in [0.4, 0.5) is 0 Å². The van der Waals surface area contributed by atoms with Crippen LogP contribution in [0, 0.1) is 6.92 Å². The first-order chi connectivity index (χ1) is 12.1. The van der Waals surface area contributed by atoms with Crippen molar-refractivity contribution in [3.05, 3.63) is 17.0 Å².